The zero-order chi connectivity index (χ0) is 15.2. The first-order valence-corrected chi connectivity index (χ1v) is 7.75. The zero-order valence-electron chi connectivity index (χ0n) is 12.9. The Morgan fingerprint density at radius 1 is 1.17 bits per heavy atom. The molecule has 1 amide bonds. The lowest BCUT2D eigenvalue weighted by Gasteiger charge is -2.13. The molecule has 5 heteroatoms. The van der Waals surface area contributed by atoms with Gasteiger partial charge in [-0.15, -0.1) is 12.4 Å². The highest BCUT2D eigenvalue weighted by Gasteiger charge is 2.16. The minimum absolute atomic E-state index is 0. The summed E-state index contributed by atoms with van der Waals surface area (Å²) in [5, 5.41) is 2.89. The first-order valence-electron chi connectivity index (χ1n) is 7.75. The molecule has 0 bridgehead atoms. The van der Waals surface area contributed by atoms with E-state index in [1.165, 1.54) is 12.8 Å². The molecule has 1 aromatic carbocycles. The van der Waals surface area contributed by atoms with Gasteiger partial charge in [-0.1, -0.05) is 12.1 Å². The Balaban J connectivity index is 0.00000192. The molecule has 0 radical (unpaired) electrons. The Labute approximate surface area is 142 Å². The van der Waals surface area contributed by atoms with Crippen molar-refractivity contribution in [2.45, 2.75) is 38.3 Å². The van der Waals surface area contributed by atoms with Crippen LogP contribution < -0.4 is 10.1 Å². The maximum atomic E-state index is 11.9. The van der Waals surface area contributed by atoms with E-state index in [1.807, 2.05) is 24.3 Å². The van der Waals surface area contributed by atoms with Crippen LogP contribution in [0.15, 0.2) is 48.8 Å². The van der Waals surface area contributed by atoms with Crippen LogP contribution in [-0.4, -0.2) is 17.0 Å². The van der Waals surface area contributed by atoms with Crippen molar-refractivity contribution in [2.75, 3.05) is 0 Å². The van der Waals surface area contributed by atoms with E-state index in [-0.39, 0.29) is 18.3 Å². The number of amides is 1. The molecule has 4 nitrogen and oxygen atoms in total. The van der Waals surface area contributed by atoms with Gasteiger partial charge in [0.15, 0.2) is 0 Å². The summed E-state index contributed by atoms with van der Waals surface area (Å²) in [5.74, 6) is 0.800. The second-order valence-corrected chi connectivity index (χ2v) is 5.59. The van der Waals surface area contributed by atoms with Gasteiger partial charge in [0.1, 0.15) is 5.75 Å². The number of hydrogen-bond acceptors (Lipinski definition) is 3. The molecule has 0 unspecified atom stereocenters. The van der Waals surface area contributed by atoms with Gasteiger partial charge in [0.25, 0.3) is 5.91 Å². The number of nitrogens with zero attached hydrogens (tertiary/aromatic N) is 1. The highest BCUT2D eigenvalue weighted by Crippen LogP contribution is 2.24. The Morgan fingerprint density at radius 2 is 1.91 bits per heavy atom. The standard InChI is InChI=1S/C18H20N2O2.ClH/c21-18(15-4-3-11-19-13-15)20-12-14-7-9-17(10-8-14)22-16-5-1-2-6-16;/h3-4,7-11,13,16H,1-2,5-6,12H2,(H,20,21);1H. The molecule has 1 saturated carbocycles. The molecule has 122 valence electrons. The summed E-state index contributed by atoms with van der Waals surface area (Å²) in [6.07, 6.45) is 8.43. The monoisotopic (exact) mass is 332 g/mol. The van der Waals surface area contributed by atoms with Crippen molar-refractivity contribution >= 4 is 18.3 Å². The van der Waals surface area contributed by atoms with Crippen molar-refractivity contribution in [2.24, 2.45) is 0 Å². The third-order valence-electron chi connectivity index (χ3n) is 3.91. The largest absolute Gasteiger partial charge is 0.490 e. The van der Waals surface area contributed by atoms with Gasteiger partial charge in [0.2, 0.25) is 0 Å². The van der Waals surface area contributed by atoms with E-state index in [9.17, 15) is 4.79 Å². The van der Waals surface area contributed by atoms with Crippen LogP contribution in [0, 0.1) is 0 Å². The number of carbonyl (C=O) groups excluding carboxylic acids is 1. The van der Waals surface area contributed by atoms with Gasteiger partial charge < -0.3 is 10.1 Å². The molecule has 23 heavy (non-hydrogen) atoms. The summed E-state index contributed by atoms with van der Waals surface area (Å²) in [4.78, 5) is 15.9. The molecular weight excluding hydrogens is 312 g/mol. The van der Waals surface area contributed by atoms with Gasteiger partial charge >= 0.3 is 0 Å². The van der Waals surface area contributed by atoms with Crippen LogP contribution in [0.4, 0.5) is 0 Å². The first-order chi connectivity index (χ1) is 10.8. The lowest BCUT2D eigenvalue weighted by atomic mass is 10.2. The van der Waals surface area contributed by atoms with Crippen LogP contribution >= 0.6 is 12.4 Å². The van der Waals surface area contributed by atoms with Crippen molar-refractivity contribution in [3.8, 4) is 5.75 Å². The van der Waals surface area contributed by atoms with E-state index < -0.39 is 0 Å². The molecule has 1 aromatic heterocycles. The minimum atomic E-state index is -0.112. The number of ether oxygens (including phenoxy) is 1. The van der Waals surface area contributed by atoms with E-state index >= 15 is 0 Å². The van der Waals surface area contributed by atoms with Crippen LogP contribution in [0.25, 0.3) is 0 Å². The highest BCUT2D eigenvalue weighted by atomic mass is 35.5. The molecule has 0 aliphatic heterocycles. The van der Waals surface area contributed by atoms with Gasteiger partial charge in [0, 0.05) is 18.9 Å². The predicted octanol–water partition coefficient (Wildman–Crippen LogP) is 3.75. The van der Waals surface area contributed by atoms with Gasteiger partial charge in [-0.05, 0) is 55.5 Å². The molecular formula is C18H21ClN2O2. The lowest BCUT2D eigenvalue weighted by molar-refractivity contribution is 0.0950. The fourth-order valence-electron chi connectivity index (χ4n) is 2.67. The lowest BCUT2D eigenvalue weighted by Crippen LogP contribution is -2.22. The average molecular weight is 333 g/mol. The molecule has 0 spiro atoms. The summed E-state index contributed by atoms with van der Waals surface area (Å²) in [6, 6.07) is 11.4. The normalized spacial score (nSPS) is 14.1. The SMILES string of the molecule is Cl.O=C(NCc1ccc(OC2CCCC2)cc1)c1cccnc1. The summed E-state index contributed by atoms with van der Waals surface area (Å²) in [7, 11) is 0. The molecule has 2 aromatic rings. The van der Waals surface area contributed by atoms with E-state index in [0.717, 1.165) is 24.2 Å². The fourth-order valence-corrected chi connectivity index (χ4v) is 2.67. The number of nitrogens with one attached hydrogen (secondary N) is 1. The van der Waals surface area contributed by atoms with Crippen molar-refractivity contribution in [3.05, 3.63) is 59.9 Å². The molecule has 1 heterocycles. The van der Waals surface area contributed by atoms with Crippen LogP contribution in [-0.2, 0) is 6.54 Å². The maximum Gasteiger partial charge on any atom is 0.253 e. The van der Waals surface area contributed by atoms with Crippen LogP contribution in [0.3, 0.4) is 0 Å². The second kappa shape index (κ2) is 8.53. The maximum absolute atomic E-state index is 11.9. The van der Waals surface area contributed by atoms with Crippen LogP contribution in [0.1, 0.15) is 41.6 Å². The number of aromatic nitrogens is 1. The second-order valence-electron chi connectivity index (χ2n) is 5.59. The van der Waals surface area contributed by atoms with Crippen molar-refractivity contribution in [1.29, 1.82) is 0 Å². The Morgan fingerprint density at radius 3 is 2.57 bits per heavy atom. The summed E-state index contributed by atoms with van der Waals surface area (Å²) in [6.45, 7) is 0.497. The van der Waals surface area contributed by atoms with Crippen LogP contribution in [0.2, 0.25) is 0 Å². The zero-order valence-corrected chi connectivity index (χ0v) is 13.7. The molecule has 1 fully saturated rings. The Bertz CT molecular complexity index is 611. The third kappa shape index (κ3) is 4.96. The minimum Gasteiger partial charge on any atom is -0.490 e. The first kappa shape index (κ1) is 17.3. The number of pyridine rings is 1. The molecule has 1 aliphatic carbocycles. The average Bonchev–Trinajstić information content (AvgIpc) is 3.08. The summed E-state index contributed by atoms with van der Waals surface area (Å²) >= 11 is 0. The molecule has 0 atom stereocenters. The fraction of sp³-hybridized carbons (Fsp3) is 0.333. The van der Waals surface area contributed by atoms with Gasteiger partial charge in [-0.25, -0.2) is 0 Å². The molecule has 0 saturated heterocycles. The number of halogens is 1. The quantitative estimate of drug-likeness (QED) is 0.907. The number of benzene rings is 1. The number of hydrogen-bond donors (Lipinski definition) is 1. The van der Waals surface area contributed by atoms with E-state index in [2.05, 4.69) is 10.3 Å². The van der Waals surface area contributed by atoms with E-state index in [0.29, 0.717) is 18.2 Å². The van der Waals surface area contributed by atoms with E-state index in [1.54, 1.807) is 24.5 Å². The summed E-state index contributed by atoms with van der Waals surface area (Å²) < 4.78 is 5.93. The number of carbonyl (C=O) groups is 1. The Kier molecular flexibility index (Phi) is 6.41. The third-order valence-corrected chi connectivity index (χ3v) is 3.91. The van der Waals surface area contributed by atoms with Gasteiger partial charge in [0.05, 0.1) is 11.7 Å². The smallest absolute Gasteiger partial charge is 0.253 e. The molecule has 3 rings (SSSR count). The van der Waals surface area contributed by atoms with Crippen molar-refractivity contribution in [1.82, 2.24) is 10.3 Å². The number of rotatable bonds is 5. The van der Waals surface area contributed by atoms with Gasteiger partial charge in [-0.3, -0.25) is 9.78 Å². The summed E-state index contributed by atoms with van der Waals surface area (Å²) in [5.41, 5.74) is 1.62. The van der Waals surface area contributed by atoms with Crippen LogP contribution in [0.5, 0.6) is 5.75 Å². The van der Waals surface area contributed by atoms with E-state index in [4.69, 9.17) is 4.74 Å². The Hall–Kier alpha value is -2.07. The van der Waals surface area contributed by atoms with Crippen molar-refractivity contribution in [3.63, 3.8) is 0 Å². The highest BCUT2D eigenvalue weighted by molar-refractivity contribution is 5.93. The predicted molar refractivity (Wildman–Crippen MR) is 92.0 cm³/mol. The molecule has 1 aliphatic rings. The van der Waals surface area contributed by atoms with Crippen molar-refractivity contribution < 1.29 is 9.53 Å². The topological polar surface area (TPSA) is 51.2 Å². The molecule has 1 N–H and O–H groups in total. The van der Waals surface area contributed by atoms with Gasteiger partial charge in [-0.2, -0.15) is 0 Å².